The Morgan fingerprint density at radius 3 is 2.24 bits per heavy atom. The van der Waals surface area contributed by atoms with Crippen molar-refractivity contribution in [1.82, 2.24) is 0 Å². The summed E-state index contributed by atoms with van der Waals surface area (Å²) in [7, 11) is -5.65. The first-order valence-corrected chi connectivity index (χ1v) is 5.53. The summed E-state index contributed by atoms with van der Waals surface area (Å²) in [5.41, 5.74) is -6.91. The molecule has 17 heavy (non-hydrogen) atoms. The van der Waals surface area contributed by atoms with Gasteiger partial charge < -0.3 is 9.90 Å². The molecule has 0 radical (unpaired) electrons. The normalized spacial score (nSPS) is 12.2. The minimum atomic E-state index is -5.65. The summed E-state index contributed by atoms with van der Waals surface area (Å²) in [6.45, 7) is 0. The number of alkyl halides is 3. The number of nitrogens with one attached hydrogen (secondary N) is 1. The number of hydrogen-bond donors (Lipinski definition) is 1. The summed E-state index contributed by atoms with van der Waals surface area (Å²) < 4.78 is 58.7. The molecule has 0 atom stereocenters. The van der Waals surface area contributed by atoms with E-state index >= 15 is 0 Å². The van der Waals surface area contributed by atoms with E-state index in [-0.39, 0.29) is 0 Å². The van der Waals surface area contributed by atoms with Gasteiger partial charge in [-0.3, -0.25) is 4.72 Å². The van der Waals surface area contributed by atoms with Crippen molar-refractivity contribution in [2.45, 2.75) is 5.51 Å². The summed E-state index contributed by atoms with van der Waals surface area (Å²) in [5, 5.41) is 10.5. The minimum absolute atomic E-state index is 0.680. The van der Waals surface area contributed by atoms with Crippen molar-refractivity contribution in [2.75, 3.05) is 4.72 Å². The minimum Gasteiger partial charge on any atom is -0.545 e. The molecule has 1 aromatic carbocycles. The van der Waals surface area contributed by atoms with Crippen LogP contribution in [0.4, 0.5) is 18.9 Å². The molecule has 0 saturated heterocycles. The third kappa shape index (κ3) is 2.87. The zero-order chi connectivity index (χ0) is 13.3. The average Bonchev–Trinajstić information content (AvgIpc) is 2.15. The molecule has 0 aliphatic rings. The molecule has 0 unspecified atom stereocenters. The highest BCUT2D eigenvalue weighted by Crippen LogP contribution is 2.26. The Kier molecular flexibility index (Phi) is 3.32. The van der Waals surface area contributed by atoms with E-state index < -0.39 is 32.8 Å². The van der Waals surface area contributed by atoms with Gasteiger partial charge in [0.15, 0.2) is 0 Å². The molecule has 0 heterocycles. The Balaban J connectivity index is 3.18. The number of carbonyl (C=O) groups excluding carboxylic acids is 1. The van der Waals surface area contributed by atoms with Crippen LogP contribution in [0.1, 0.15) is 10.4 Å². The number of benzene rings is 1. The largest absolute Gasteiger partial charge is 0.545 e. The molecule has 0 aliphatic carbocycles. The maximum atomic E-state index is 12.0. The molecule has 9 heteroatoms. The number of carboxylic acid groups (broad SMARTS) is 1. The number of carbonyl (C=O) groups is 1. The van der Waals surface area contributed by atoms with Crippen LogP contribution in [0, 0.1) is 0 Å². The predicted octanol–water partition coefficient (Wildman–Crippen LogP) is 0.312. The first-order valence-electron chi connectivity index (χ1n) is 4.04. The molecule has 1 rings (SSSR count). The van der Waals surface area contributed by atoms with Crippen LogP contribution in [0.2, 0.25) is 0 Å². The predicted molar refractivity (Wildman–Crippen MR) is 49.4 cm³/mol. The van der Waals surface area contributed by atoms with Gasteiger partial charge in [-0.25, -0.2) is 0 Å². The van der Waals surface area contributed by atoms with Crippen LogP contribution < -0.4 is 9.83 Å². The van der Waals surface area contributed by atoms with Crippen molar-refractivity contribution in [3.63, 3.8) is 0 Å². The van der Waals surface area contributed by atoms with Gasteiger partial charge in [-0.05, 0) is 6.07 Å². The molecule has 5 nitrogen and oxygen atoms in total. The van der Waals surface area contributed by atoms with Crippen LogP contribution in [0.5, 0.6) is 0 Å². The fraction of sp³-hybridized carbons (Fsp3) is 0.125. The molecule has 1 N–H and O–H groups in total. The highest BCUT2D eigenvalue weighted by molar-refractivity contribution is 7.93. The van der Waals surface area contributed by atoms with Gasteiger partial charge in [-0.2, -0.15) is 21.6 Å². The van der Waals surface area contributed by atoms with Crippen LogP contribution in [0.3, 0.4) is 0 Å². The van der Waals surface area contributed by atoms with Crippen molar-refractivity contribution >= 4 is 21.7 Å². The first kappa shape index (κ1) is 13.3. The van der Waals surface area contributed by atoms with Gasteiger partial charge in [0, 0.05) is 5.56 Å². The number of sulfonamides is 1. The quantitative estimate of drug-likeness (QED) is 0.854. The summed E-state index contributed by atoms with van der Waals surface area (Å²) in [4.78, 5) is 10.5. The lowest BCUT2D eigenvalue weighted by atomic mass is 10.2. The van der Waals surface area contributed by atoms with Gasteiger partial charge in [0.05, 0.1) is 11.7 Å². The van der Waals surface area contributed by atoms with E-state index in [2.05, 4.69) is 0 Å². The van der Waals surface area contributed by atoms with E-state index in [1.54, 1.807) is 0 Å². The van der Waals surface area contributed by atoms with Gasteiger partial charge in [0.25, 0.3) is 0 Å². The number of rotatable bonds is 3. The molecule has 0 saturated carbocycles. The third-order valence-corrected chi connectivity index (χ3v) is 2.79. The Morgan fingerprint density at radius 2 is 1.76 bits per heavy atom. The Morgan fingerprint density at radius 1 is 1.24 bits per heavy atom. The number of aromatic carboxylic acids is 1. The lowest BCUT2D eigenvalue weighted by molar-refractivity contribution is -0.254. The number of hydrogen-bond acceptors (Lipinski definition) is 4. The first-order chi connectivity index (χ1) is 7.65. The van der Waals surface area contributed by atoms with Gasteiger partial charge in [0.2, 0.25) is 0 Å². The van der Waals surface area contributed by atoms with E-state index in [4.69, 9.17) is 0 Å². The van der Waals surface area contributed by atoms with E-state index in [9.17, 15) is 31.5 Å². The number of para-hydroxylation sites is 1. The van der Waals surface area contributed by atoms with Gasteiger partial charge >= 0.3 is 15.5 Å². The Hall–Kier alpha value is -1.77. The van der Waals surface area contributed by atoms with E-state index in [0.29, 0.717) is 0 Å². The van der Waals surface area contributed by atoms with Crippen LogP contribution in [0.15, 0.2) is 24.3 Å². The highest BCUT2D eigenvalue weighted by Gasteiger charge is 2.46. The Labute approximate surface area is 93.9 Å². The number of halogens is 3. The van der Waals surface area contributed by atoms with Gasteiger partial charge in [-0.1, -0.05) is 18.2 Å². The molecular weight excluding hydrogens is 263 g/mol. The van der Waals surface area contributed by atoms with Crippen molar-refractivity contribution in [2.24, 2.45) is 0 Å². The molecule has 0 aromatic heterocycles. The smallest absolute Gasteiger partial charge is 0.516 e. The number of carboxylic acids is 1. The van der Waals surface area contributed by atoms with E-state index in [1.807, 2.05) is 0 Å². The lowest BCUT2D eigenvalue weighted by Gasteiger charge is -2.14. The van der Waals surface area contributed by atoms with Gasteiger partial charge in [-0.15, -0.1) is 0 Å². The maximum Gasteiger partial charge on any atom is 0.516 e. The van der Waals surface area contributed by atoms with Crippen molar-refractivity contribution in [1.29, 1.82) is 0 Å². The fourth-order valence-electron chi connectivity index (χ4n) is 0.953. The molecule has 0 aliphatic heterocycles. The lowest BCUT2D eigenvalue weighted by Crippen LogP contribution is -2.31. The maximum absolute atomic E-state index is 12.0. The average molecular weight is 268 g/mol. The van der Waals surface area contributed by atoms with Crippen LogP contribution >= 0.6 is 0 Å². The summed E-state index contributed by atoms with van der Waals surface area (Å²) >= 11 is 0. The van der Waals surface area contributed by atoms with Crippen LogP contribution in [-0.4, -0.2) is 19.9 Å². The topological polar surface area (TPSA) is 86.3 Å². The third-order valence-electron chi connectivity index (χ3n) is 1.70. The molecule has 0 amide bonds. The second-order valence-corrected chi connectivity index (χ2v) is 4.56. The van der Waals surface area contributed by atoms with Gasteiger partial charge in [0.1, 0.15) is 0 Å². The monoisotopic (exact) mass is 268 g/mol. The summed E-state index contributed by atoms with van der Waals surface area (Å²) in [5.74, 6) is -1.79. The van der Waals surface area contributed by atoms with E-state index in [1.165, 1.54) is 12.1 Å². The highest BCUT2D eigenvalue weighted by atomic mass is 32.2. The number of anilines is 1. The SMILES string of the molecule is O=C([O-])c1ccccc1NS(=O)(=O)C(F)(F)F. The van der Waals surface area contributed by atoms with Crippen LogP contribution in [0.25, 0.3) is 0 Å². The summed E-state index contributed by atoms with van der Waals surface area (Å²) in [6, 6.07) is 4.20. The molecule has 1 aromatic rings. The standard InChI is InChI=1S/C8H6F3NO4S/c9-8(10,11)17(15,16)12-6-4-2-1-3-5(6)7(13)14/h1-4,12H,(H,13,14)/p-1. The van der Waals surface area contributed by atoms with Crippen molar-refractivity contribution in [3.05, 3.63) is 29.8 Å². The Bertz CT molecular complexity index is 538. The molecule has 0 fully saturated rings. The fourth-order valence-corrected chi connectivity index (χ4v) is 1.54. The summed E-state index contributed by atoms with van der Waals surface area (Å²) in [6.07, 6.45) is 0. The molecular formula is C8H5F3NO4S-. The molecule has 0 bridgehead atoms. The van der Waals surface area contributed by atoms with Crippen LogP contribution in [-0.2, 0) is 10.0 Å². The van der Waals surface area contributed by atoms with Crippen molar-refractivity contribution in [3.8, 4) is 0 Å². The zero-order valence-corrected chi connectivity index (χ0v) is 8.80. The molecule has 94 valence electrons. The second kappa shape index (κ2) is 4.24. The van der Waals surface area contributed by atoms with E-state index in [0.717, 1.165) is 16.9 Å². The van der Waals surface area contributed by atoms with Crippen molar-refractivity contribution < 1.29 is 31.5 Å². The zero-order valence-electron chi connectivity index (χ0n) is 7.98. The second-order valence-electron chi connectivity index (χ2n) is 2.88. The molecule has 0 spiro atoms.